The van der Waals surface area contributed by atoms with E-state index in [4.69, 9.17) is 19.7 Å². The van der Waals surface area contributed by atoms with Crippen molar-refractivity contribution in [1.82, 2.24) is 9.80 Å². The summed E-state index contributed by atoms with van der Waals surface area (Å²) in [5.41, 5.74) is -1.41. The van der Waals surface area contributed by atoms with Crippen LogP contribution in [-0.2, 0) is 9.47 Å². The van der Waals surface area contributed by atoms with Gasteiger partial charge in [-0.3, -0.25) is 0 Å². The summed E-state index contributed by atoms with van der Waals surface area (Å²) in [6.45, 7) is 8.67. The second-order valence-electron chi connectivity index (χ2n) is 9.82. The van der Waals surface area contributed by atoms with E-state index < -0.39 is 60.3 Å². The lowest BCUT2D eigenvalue weighted by atomic mass is 10.1. The number of hydrogen-bond acceptors (Lipinski definition) is 6. The smallest absolute Gasteiger partial charge is 0.410 e. The molecule has 0 aromatic rings. The van der Waals surface area contributed by atoms with E-state index in [9.17, 15) is 27.2 Å². The highest BCUT2D eigenvalue weighted by molar-refractivity contribution is 5.68. The van der Waals surface area contributed by atoms with Crippen LogP contribution in [-0.4, -0.2) is 106 Å². The second-order valence-corrected chi connectivity index (χ2v) is 9.82. The van der Waals surface area contributed by atoms with Crippen molar-refractivity contribution in [2.75, 3.05) is 26.2 Å². The summed E-state index contributed by atoms with van der Waals surface area (Å²) in [4.78, 5) is 24.9. The van der Waals surface area contributed by atoms with Gasteiger partial charge in [0.2, 0.25) is 0 Å². The number of rotatable bonds is 0. The Kier molecular flexibility index (Phi) is 11.4. The minimum atomic E-state index is -1.77. The van der Waals surface area contributed by atoms with Gasteiger partial charge in [0.25, 0.3) is 0 Å². The van der Waals surface area contributed by atoms with Gasteiger partial charge >= 0.3 is 12.2 Å². The third kappa shape index (κ3) is 10.3. The molecule has 2 amide bonds. The standard InChI is InChI=1S/2C10H17F2NO3.CH4/c2*1-10(2,3)16-9(15)13-4-6(11)8(14)7(12)5-13;/h2*6-8,14H,4-5H2,1-3H3;1H4/t6-,7+,8?;6-,7-;/m.1./s1. The molecule has 12 heteroatoms. The summed E-state index contributed by atoms with van der Waals surface area (Å²) in [7, 11) is 0. The van der Waals surface area contributed by atoms with Crippen LogP contribution in [0.15, 0.2) is 0 Å². The molecule has 0 aromatic heterocycles. The lowest BCUT2D eigenvalue weighted by Gasteiger charge is -2.35. The van der Waals surface area contributed by atoms with E-state index in [1.165, 1.54) is 0 Å². The van der Waals surface area contributed by atoms with Gasteiger partial charge in [0.1, 0.15) is 48.1 Å². The Bertz CT molecular complexity index is 565. The quantitative estimate of drug-likeness (QED) is 0.506. The van der Waals surface area contributed by atoms with Crippen LogP contribution in [0.4, 0.5) is 27.2 Å². The molecule has 0 radical (unpaired) electrons. The van der Waals surface area contributed by atoms with Crippen LogP contribution in [0.3, 0.4) is 0 Å². The van der Waals surface area contributed by atoms with Crippen LogP contribution < -0.4 is 0 Å². The molecule has 8 nitrogen and oxygen atoms in total. The molecule has 0 aliphatic carbocycles. The van der Waals surface area contributed by atoms with Crippen molar-refractivity contribution in [1.29, 1.82) is 0 Å². The van der Waals surface area contributed by atoms with E-state index in [1.54, 1.807) is 41.5 Å². The molecule has 0 aromatic carbocycles. The topological polar surface area (TPSA) is 99.5 Å². The van der Waals surface area contributed by atoms with Crippen molar-refractivity contribution in [3.63, 3.8) is 0 Å². The number of alkyl halides is 4. The number of piperidine rings is 2. The molecule has 196 valence electrons. The van der Waals surface area contributed by atoms with Crippen LogP contribution in [0.2, 0.25) is 0 Å². The van der Waals surface area contributed by atoms with Gasteiger partial charge in [-0.15, -0.1) is 0 Å². The number of likely N-dealkylation sites (tertiary alicyclic amines) is 2. The maximum Gasteiger partial charge on any atom is 0.410 e. The number of amides is 2. The fourth-order valence-electron chi connectivity index (χ4n) is 2.83. The first-order chi connectivity index (χ1) is 14.4. The monoisotopic (exact) mass is 490 g/mol. The molecule has 2 rings (SSSR count). The van der Waals surface area contributed by atoms with Gasteiger partial charge in [0, 0.05) is 0 Å². The highest BCUT2D eigenvalue weighted by atomic mass is 19.2. The van der Waals surface area contributed by atoms with Gasteiger partial charge in [-0.1, -0.05) is 7.43 Å². The predicted octanol–water partition coefficient (Wildman–Crippen LogP) is 3.18. The fourth-order valence-corrected chi connectivity index (χ4v) is 2.83. The van der Waals surface area contributed by atoms with E-state index in [-0.39, 0.29) is 33.6 Å². The van der Waals surface area contributed by atoms with E-state index in [1.807, 2.05) is 0 Å². The third-order valence-electron chi connectivity index (χ3n) is 4.36. The summed E-state index contributed by atoms with van der Waals surface area (Å²) in [6, 6.07) is 0. The molecule has 2 saturated heterocycles. The van der Waals surface area contributed by atoms with Crippen molar-refractivity contribution in [3.8, 4) is 0 Å². The summed E-state index contributed by atoms with van der Waals surface area (Å²) < 4.78 is 62.5. The molecule has 2 fully saturated rings. The van der Waals surface area contributed by atoms with Crippen LogP contribution in [0, 0.1) is 0 Å². The minimum absolute atomic E-state index is 0. The maximum absolute atomic E-state index is 13.1. The van der Waals surface area contributed by atoms with Crippen molar-refractivity contribution < 1.29 is 46.8 Å². The van der Waals surface area contributed by atoms with Crippen LogP contribution in [0.5, 0.6) is 0 Å². The van der Waals surface area contributed by atoms with E-state index in [0.29, 0.717) is 0 Å². The van der Waals surface area contributed by atoms with Gasteiger partial charge < -0.3 is 29.5 Å². The molecule has 2 N–H and O–H groups in total. The van der Waals surface area contributed by atoms with Gasteiger partial charge in [-0.05, 0) is 41.5 Å². The van der Waals surface area contributed by atoms with Crippen LogP contribution in [0.25, 0.3) is 0 Å². The lowest BCUT2D eigenvalue weighted by Crippen LogP contribution is -2.54. The maximum atomic E-state index is 13.1. The molecule has 33 heavy (non-hydrogen) atoms. The molecule has 1 unspecified atom stereocenters. The third-order valence-corrected chi connectivity index (χ3v) is 4.36. The SMILES string of the molecule is C.CC(C)(C)OC(=O)N1C[C@@H](F)C(O)[C@@H](F)C1.CC(C)(C)OC(=O)N1C[C@@H](F)C(O)[C@H](F)C1. The Balaban J connectivity index is 0.000000602. The number of hydrogen-bond donors (Lipinski definition) is 2. The number of carbonyl (C=O) groups is 2. The number of carbonyl (C=O) groups excluding carboxylic acids is 2. The van der Waals surface area contributed by atoms with Gasteiger partial charge in [0.05, 0.1) is 26.2 Å². The zero-order chi connectivity index (χ0) is 25.0. The average Bonchev–Trinajstić information content (AvgIpc) is 2.61. The molecular weight excluding hydrogens is 452 g/mol. The molecule has 0 bridgehead atoms. The van der Waals surface area contributed by atoms with Crippen LogP contribution in [0.1, 0.15) is 49.0 Å². The van der Waals surface area contributed by atoms with Crippen molar-refractivity contribution in [2.45, 2.75) is 97.1 Å². The van der Waals surface area contributed by atoms with E-state index in [2.05, 4.69) is 0 Å². The van der Waals surface area contributed by atoms with Crippen LogP contribution >= 0.6 is 0 Å². The Morgan fingerprint density at radius 1 is 0.667 bits per heavy atom. The number of halogens is 4. The number of aliphatic hydroxyl groups excluding tert-OH is 2. The molecule has 5 atom stereocenters. The molecule has 2 aliphatic heterocycles. The van der Waals surface area contributed by atoms with E-state index >= 15 is 0 Å². The minimum Gasteiger partial charge on any atom is -0.444 e. The molecule has 2 aliphatic rings. The van der Waals surface area contributed by atoms with Gasteiger partial charge in [-0.2, -0.15) is 0 Å². The molecule has 0 spiro atoms. The molecular formula is C21H38F4N2O6. The fraction of sp³-hybridized carbons (Fsp3) is 0.905. The normalized spacial score (nSPS) is 28.8. The summed E-state index contributed by atoms with van der Waals surface area (Å²) >= 11 is 0. The zero-order valence-corrected chi connectivity index (χ0v) is 19.2. The highest BCUT2D eigenvalue weighted by Crippen LogP contribution is 2.21. The summed E-state index contributed by atoms with van der Waals surface area (Å²) in [5, 5.41) is 18.1. The Morgan fingerprint density at radius 3 is 1.06 bits per heavy atom. The summed E-state index contributed by atoms with van der Waals surface area (Å²) in [5.74, 6) is 0. The largest absolute Gasteiger partial charge is 0.444 e. The van der Waals surface area contributed by atoms with Crippen molar-refractivity contribution >= 4 is 12.2 Å². The first-order valence-corrected chi connectivity index (χ1v) is 10.3. The average molecular weight is 491 g/mol. The summed E-state index contributed by atoms with van der Waals surface area (Å²) in [6.07, 6.45) is -11.9. The Morgan fingerprint density at radius 2 is 0.879 bits per heavy atom. The number of aliphatic hydroxyl groups is 2. The first-order valence-electron chi connectivity index (χ1n) is 10.3. The molecule has 0 saturated carbocycles. The Labute approximate surface area is 192 Å². The van der Waals surface area contributed by atoms with Gasteiger partial charge in [-0.25, -0.2) is 27.2 Å². The Hall–Kier alpha value is -1.82. The number of nitrogens with zero attached hydrogens (tertiary/aromatic N) is 2. The predicted molar refractivity (Wildman–Crippen MR) is 114 cm³/mol. The molecule has 2 heterocycles. The lowest BCUT2D eigenvalue weighted by molar-refractivity contribution is -0.0565. The number of ether oxygens (including phenoxy) is 2. The van der Waals surface area contributed by atoms with Gasteiger partial charge in [0.15, 0.2) is 0 Å². The second kappa shape index (κ2) is 12.0. The van der Waals surface area contributed by atoms with Crippen molar-refractivity contribution in [3.05, 3.63) is 0 Å². The highest BCUT2D eigenvalue weighted by Gasteiger charge is 2.40. The van der Waals surface area contributed by atoms with Crippen molar-refractivity contribution in [2.24, 2.45) is 0 Å². The zero-order valence-electron chi connectivity index (χ0n) is 19.2. The van der Waals surface area contributed by atoms with E-state index in [0.717, 1.165) is 9.80 Å². The first kappa shape index (κ1) is 31.2.